The third-order valence-electron chi connectivity index (χ3n) is 4.71. The van der Waals surface area contributed by atoms with E-state index >= 15 is 0 Å². The van der Waals surface area contributed by atoms with Crippen LogP contribution < -0.4 is 0 Å². The van der Waals surface area contributed by atoms with Crippen molar-refractivity contribution in [3.8, 4) is 0 Å². The molecule has 2 aliphatic rings. The van der Waals surface area contributed by atoms with Gasteiger partial charge in [-0.3, -0.25) is 14.5 Å². The van der Waals surface area contributed by atoms with Crippen LogP contribution in [0.3, 0.4) is 0 Å². The van der Waals surface area contributed by atoms with Crippen molar-refractivity contribution in [1.82, 2.24) is 14.8 Å². The first kappa shape index (κ1) is 17.0. The molecule has 1 aromatic heterocycles. The standard InChI is InChI=1S/C16H20F3N3O2/c1-10-13-11(3-2-4-12(13)23)20-14(10)15(24)22-7-5-21(6-8-22)9-16(17,18)19/h20H,2-9H2,1H3. The number of hydrogen-bond acceptors (Lipinski definition) is 3. The SMILES string of the molecule is Cc1c(C(=O)N2CCN(CC(F)(F)F)CC2)[nH]c2c1C(=O)CCC2. The molecule has 1 saturated heterocycles. The molecule has 1 aliphatic heterocycles. The van der Waals surface area contributed by atoms with Gasteiger partial charge in [-0.25, -0.2) is 0 Å². The van der Waals surface area contributed by atoms with E-state index in [1.807, 2.05) is 0 Å². The van der Waals surface area contributed by atoms with Crippen molar-refractivity contribution < 1.29 is 22.8 Å². The van der Waals surface area contributed by atoms with Gasteiger partial charge in [0, 0.05) is 43.9 Å². The molecule has 0 spiro atoms. The third-order valence-corrected chi connectivity index (χ3v) is 4.71. The Labute approximate surface area is 137 Å². The van der Waals surface area contributed by atoms with Crippen LogP contribution in [0.4, 0.5) is 13.2 Å². The molecule has 0 atom stereocenters. The number of carbonyl (C=O) groups is 2. The topological polar surface area (TPSA) is 56.4 Å². The Morgan fingerprint density at radius 3 is 2.42 bits per heavy atom. The van der Waals surface area contributed by atoms with E-state index in [0.717, 1.165) is 18.5 Å². The molecule has 1 fully saturated rings. The summed E-state index contributed by atoms with van der Waals surface area (Å²) < 4.78 is 37.3. The summed E-state index contributed by atoms with van der Waals surface area (Å²) in [7, 11) is 0. The maximum absolute atomic E-state index is 12.7. The van der Waals surface area contributed by atoms with Crippen LogP contribution >= 0.6 is 0 Å². The number of ketones is 1. The molecule has 8 heteroatoms. The van der Waals surface area contributed by atoms with Gasteiger partial charge < -0.3 is 9.88 Å². The van der Waals surface area contributed by atoms with Gasteiger partial charge in [0.2, 0.25) is 0 Å². The summed E-state index contributed by atoms with van der Waals surface area (Å²) in [6.45, 7) is 1.72. The second kappa shape index (κ2) is 6.23. The molecule has 2 heterocycles. The van der Waals surface area contributed by atoms with E-state index in [1.165, 1.54) is 4.90 Å². The summed E-state index contributed by atoms with van der Waals surface area (Å²) in [5.74, 6) is -0.180. The van der Waals surface area contributed by atoms with E-state index in [-0.39, 0.29) is 37.9 Å². The molecule has 0 radical (unpaired) electrons. The van der Waals surface area contributed by atoms with Gasteiger partial charge in [0.25, 0.3) is 5.91 Å². The number of aromatic amines is 1. The zero-order valence-electron chi connectivity index (χ0n) is 13.5. The first-order valence-electron chi connectivity index (χ1n) is 8.09. The van der Waals surface area contributed by atoms with Crippen LogP contribution in [0, 0.1) is 6.92 Å². The number of nitrogens with one attached hydrogen (secondary N) is 1. The number of carbonyl (C=O) groups excluding carboxylic acids is 2. The molecule has 1 amide bonds. The van der Waals surface area contributed by atoms with Crippen molar-refractivity contribution in [2.24, 2.45) is 0 Å². The number of aryl methyl sites for hydroxylation is 1. The fourth-order valence-electron chi connectivity index (χ4n) is 3.51. The minimum Gasteiger partial charge on any atom is -0.354 e. The lowest BCUT2D eigenvalue weighted by molar-refractivity contribution is -0.148. The smallest absolute Gasteiger partial charge is 0.354 e. The van der Waals surface area contributed by atoms with Crippen LogP contribution in [0.15, 0.2) is 0 Å². The Hall–Kier alpha value is -1.83. The molecule has 0 aromatic carbocycles. The average molecular weight is 343 g/mol. The zero-order valence-corrected chi connectivity index (χ0v) is 13.5. The van der Waals surface area contributed by atoms with Gasteiger partial charge >= 0.3 is 6.18 Å². The van der Waals surface area contributed by atoms with E-state index in [0.29, 0.717) is 23.2 Å². The number of rotatable bonds is 2. The summed E-state index contributed by atoms with van der Waals surface area (Å²) in [5, 5.41) is 0. The van der Waals surface area contributed by atoms with E-state index in [2.05, 4.69) is 4.98 Å². The number of fused-ring (bicyclic) bond motifs is 1. The number of H-pyrrole nitrogens is 1. The number of aromatic nitrogens is 1. The van der Waals surface area contributed by atoms with Crippen LogP contribution in [0.5, 0.6) is 0 Å². The Morgan fingerprint density at radius 2 is 1.83 bits per heavy atom. The maximum atomic E-state index is 12.7. The number of piperazine rings is 1. The summed E-state index contributed by atoms with van der Waals surface area (Å²) in [5.41, 5.74) is 2.50. The Balaban J connectivity index is 1.69. The van der Waals surface area contributed by atoms with Gasteiger partial charge in [-0.05, 0) is 25.3 Å². The molecular formula is C16H20F3N3O2. The minimum atomic E-state index is -4.22. The van der Waals surface area contributed by atoms with Gasteiger partial charge in [-0.1, -0.05) is 0 Å². The first-order valence-corrected chi connectivity index (χ1v) is 8.09. The van der Waals surface area contributed by atoms with Crippen molar-refractivity contribution in [2.75, 3.05) is 32.7 Å². The summed E-state index contributed by atoms with van der Waals surface area (Å²) in [4.78, 5) is 30.7. The van der Waals surface area contributed by atoms with Crippen LogP contribution in [0.25, 0.3) is 0 Å². The lowest BCUT2D eigenvalue weighted by Crippen LogP contribution is -2.51. The highest BCUT2D eigenvalue weighted by Gasteiger charge is 2.34. The van der Waals surface area contributed by atoms with Gasteiger partial charge in [0.05, 0.1) is 6.54 Å². The molecule has 0 saturated carbocycles. The largest absolute Gasteiger partial charge is 0.401 e. The van der Waals surface area contributed by atoms with Gasteiger partial charge in [0.15, 0.2) is 5.78 Å². The van der Waals surface area contributed by atoms with E-state index in [1.54, 1.807) is 11.8 Å². The highest BCUT2D eigenvalue weighted by Crippen LogP contribution is 2.27. The molecule has 24 heavy (non-hydrogen) atoms. The molecule has 1 aromatic rings. The third kappa shape index (κ3) is 3.33. The molecule has 0 unspecified atom stereocenters. The Morgan fingerprint density at radius 1 is 1.17 bits per heavy atom. The normalized spacial score (nSPS) is 19.5. The fraction of sp³-hybridized carbons (Fsp3) is 0.625. The monoisotopic (exact) mass is 343 g/mol. The van der Waals surface area contributed by atoms with Crippen LogP contribution in [-0.2, 0) is 6.42 Å². The van der Waals surface area contributed by atoms with Crippen molar-refractivity contribution in [3.63, 3.8) is 0 Å². The van der Waals surface area contributed by atoms with Gasteiger partial charge in [-0.15, -0.1) is 0 Å². The van der Waals surface area contributed by atoms with Gasteiger partial charge in [-0.2, -0.15) is 13.2 Å². The Bertz CT molecular complexity index is 658. The first-order chi connectivity index (χ1) is 11.3. The summed E-state index contributed by atoms with van der Waals surface area (Å²) in [6.07, 6.45) is -2.21. The number of halogens is 3. The molecule has 0 bridgehead atoms. The second-order valence-electron chi connectivity index (χ2n) is 6.44. The van der Waals surface area contributed by atoms with Crippen molar-refractivity contribution in [3.05, 3.63) is 22.5 Å². The lowest BCUT2D eigenvalue weighted by Gasteiger charge is -2.34. The second-order valence-corrected chi connectivity index (χ2v) is 6.44. The summed E-state index contributed by atoms with van der Waals surface area (Å²) >= 11 is 0. The number of nitrogens with zero attached hydrogens (tertiary/aromatic N) is 2. The zero-order chi connectivity index (χ0) is 17.5. The van der Waals surface area contributed by atoms with Crippen LogP contribution in [-0.4, -0.2) is 65.4 Å². The van der Waals surface area contributed by atoms with E-state index in [4.69, 9.17) is 0 Å². The van der Waals surface area contributed by atoms with E-state index in [9.17, 15) is 22.8 Å². The number of Topliss-reactive ketones (excluding diaryl/α,β-unsaturated/α-hetero) is 1. The molecule has 5 nitrogen and oxygen atoms in total. The minimum absolute atomic E-state index is 0.0547. The predicted octanol–water partition coefficient (Wildman–Crippen LogP) is 2.16. The number of alkyl halides is 3. The maximum Gasteiger partial charge on any atom is 0.401 e. The molecule has 1 aliphatic carbocycles. The lowest BCUT2D eigenvalue weighted by atomic mass is 9.93. The molecule has 1 N–H and O–H groups in total. The van der Waals surface area contributed by atoms with Crippen molar-refractivity contribution in [2.45, 2.75) is 32.4 Å². The van der Waals surface area contributed by atoms with Crippen LogP contribution in [0.1, 0.15) is 44.9 Å². The van der Waals surface area contributed by atoms with Gasteiger partial charge in [0.1, 0.15) is 5.69 Å². The fourth-order valence-corrected chi connectivity index (χ4v) is 3.51. The number of amides is 1. The summed E-state index contributed by atoms with van der Waals surface area (Å²) in [6, 6.07) is 0. The highest BCUT2D eigenvalue weighted by atomic mass is 19.4. The average Bonchev–Trinajstić information content (AvgIpc) is 2.84. The molecular weight excluding hydrogens is 323 g/mol. The van der Waals surface area contributed by atoms with Crippen molar-refractivity contribution >= 4 is 11.7 Å². The molecule has 3 rings (SSSR count). The van der Waals surface area contributed by atoms with E-state index < -0.39 is 12.7 Å². The number of hydrogen-bond donors (Lipinski definition) is 1. The predicted molar refractivity (Wildman–Crippen MR) is 81.2 cm³/mol. The Kier molecular flexibility index (Phi) is 4.42. The van der Waals surface area contributed by atoms with Crippen molar-refractivity contribution in [1.29, 1.82) is 0 Å². The molecule has 132 valence electrons. The highest BCUT2D eigenvalue weighted by molar-refractivity contribution is 6.04. The van der Waals surface area contributed by atoms with Crippen LogP contribution in [0.2, 0.25) is 0 Å². The quantitative estimate of drug-likeness (QED) is 0.895.